The molecule has 5 rings (SSSR count). The summed E-state index contributed by atoms with van der Waals surface area (Å²) in [5.74, 6) is 1.96. The molecule has 8 nitrogen and oxygen atoms in total. The van der Waals surface area contributed by atoms with Gasteiger partial charge < -0.3 is 24.0 Å². The van der Waals surface area contributed by atoms with E-state index in [1.165, 1.54) is 5.56 Å². The summed E-state index contributed by atoms with van der Waals surface area (Å²) in [5, 5.41) is 0. The zero-order valence-electron chi connectivity index (χ0n) is 19.1. The Morgan fingerprint density at radius 2 is 1.85 bits per heavy atom. The van der Waals surface area contributed by atoms with E-state index in [2.05, 4.69) is 11.0 Å². The molecule has 174 valence electrons. The van der Waals surface area contributed by atoms with Crippen LogP contribution in [0.2, 0.25) is 0 Å². The van der Waals surface area contributed by atoms with Crippen LogP contribution in [0.15, 0.2) is 36.4 Å². The Labute approximate surface area is 193 Å². The fourth-order valence-corrected chi connectivity index (χ4v) is 4.80. The maximum absolute atomic E-state index is 13.2. The van der Waals surface area contributed by atoms with Crippen LogP contribution in [-0.2, 0) is 16.1 Å². The highest BCUT2D eigenvalue weighted by Crippen LogP contribution is 2.35. The fourth-order valence-electron chi connectivity index (χ4n) is 4.80. The molecule has 0 saturated carbocycles. The van der Waals surface area contributed by atoms with Crippen molar-refractivity contribution in [3.63, 3.8) is 0 Å². The van der Waals surface area contributed by atoms with Crippen molar-refractivity contribution in [3.8, 4) is 17.2 Å². The zero-order valence-corrected chi connectivity index (χ0v) is 19.1. The second-order valence-electron chi connectivity index (χ2n) is 8.87. The number of rotatable bonds is 5. The van der Waals surface area contributed by atoms with Gasteiger partial charge in [0.05, 0.1) is 18.7 Å². The third-order valence-corrected chi connectivity index (χ3v) is 6.63. The molecule has 0 aliphatic carbocycles. The van der Waals surface area contributed by atoms with Crippen molar-refractivity contribution in [1.82, 2.24) is 9.80 Å². The number of carbonyl (C=O) groups is 2. The van der Waals surface area contributed by atoms with Crippen molar-refractivity contribution in [2.45, 2.75) is 19.9 Å². The molecule has 0 spiro atoms. The lowest BCUT2D eigenvalue weighted by atomic mass is 10.1. The van der Waals surface area contributed by atoms with E-state index < -0.39 is 0 Å². The van der Waals surface area contributed by atoms with E-state index in [1.54, 1.807) is 12.0 Å². The quantitative estimate of drug-likeness (QED) is 0.696. The molecule has 0 radical (unpaired) electrons. The van der Waals surface area contributed by atoms with Gasteiger partial charge >= 0.3 is 0 Å². The largest absolute Gasteiger partial charge is 0.495 e. The summed E-state index contributed by atoms with van der Waals surface area (Å²) in [6.45, 7) is 6.40. The average Bonchev–Trinajstić information content (AvgIpc) is 3.45. The number of aryl methyl sites for hydroxylation is 1. The minimum Gasteiger partial charge on any atom is -0.495 e. The first-order chi connectivity index (χ1) is 16.0. The minimum atomic E-state index is -0.317. The lowest BCUT2D eigenvalue weighted by molar-refractivity contribution is -0.137. The Balaban J connectivity index is 1.18. The van der Waals surface area contributed by atoms with Crippen LogP contribution in [0.1, 0.15) is 17.5 Å². The van der Waals surface area contributed by atoms with Gasteiger partial charge in [0.2, 0.25) is 18.6 Å². The van der Waals surface area contributed by atoms with Gasteiger partial charge in [0, 0.05) is 45.7 Å². The van der Waals surface area contributed by atoms with Gasteiger partial charge in [-0.15, -0.1) is 0 Å². The summed E-state index contributed by atoms with van der Waals surface area (Å²) in [4.78, 5) is 31.9. The van der Waals surface area contributed by atoms with E-state index in [0.29, 0.717) is 25.4 Å². The van der Waals surface area contributed by atoms with Crippen molar-refractivity contribution >= 4 is 17.5 Å². The standard InChI is InChI=1S/C25H29N3O5/c1-17-3-5-21(31-2)20(11-17)28-15-19(13-24(28)29)25(30)27-9-7-26(8-10-27)14-18-4-6-22-23(12-18)33-16-32-22/h3-6,11-12,19H,7-10,13-16H2,1-2H3. The Hall–Kier alpha value is -3.26. The molecule has 8 heteroatoms. The van der Waals surface area contributed by atoms with E-state index in [4.69, 9.17) is 14.2 Å². The number of hydrogen-bond donors (Lipinski definition) is 0. The van der Waals surface area contributed by atoms with Crippen LogP contribution in [0.25, 0.3) is 0 Å². The molecule has 2 fully saturated rings. The van der Waals surface area contributed by atoms with Crippen LogP contribution < -0.4 is 19.1 Å². The van der Waals surface area contributed by atoms with Gasteiger partial charge in [-0.3, -0.25) is 14.5 Å². The normalized spacial score (nSPS) is 20.4. The molecule has 33 heavy (non-hydrogen) atoms. The number of ether oxygens (including phenoxy) is 3. The van der Waals surface area contributed by atoms with Gasteiger partial charge in [-0.25, -0.2) is 0 Å². The number of carbonyl (C=O) groups excluding carboxylic acids is 2. The van der Waals surface area contributed by atoms with Gasteiger partial charge in [0.1, 0.15) is 5.75 Å². The summed E-state index contributed by atoms with van der Waals surface area (Å²) in [6.07, 6.45) is 0.243. The van der Waals surface area contributed by atoms with Crippen molar-refractivity contribution in [2.75, 3.05) is 51.5 Å². The van der Waals surface area contributed by atoms with Gasteiger partial charge in [-0.1, -0.05) is 12.1 Å². The molecule has 0 aromatic heterocycles. The van der Waals surface area contributed by atoms with Crippen molar-refractivity contribution in [3.05, 3.63) is 47.5 Å². The number of fused-ring (bicyclic) bond motifs is 1. The first-order valence-corrected chi connectivity index (χ1v) is 11.4. The van der Waals surface area contributed by atoms with Crippen molar-refractivity contribution in [2.24, 2.45) is 5.92 Å². The molecule has 3 heterocycles. The van der Waals surface area contributed by atoms with E-state index in [-0.39, 0.29) is 30.9 Å². The monoisotopic (exact) mass is 451 g/mol. The Morgan fingerprint density at radius 3 is 2.64 bits per heavy atom. The summed E-state index contributed by atoms with van der Waals surface area (Å²) in [6, 6.07) is 11.8. The highest BCUT2D eigenvalue weighted by molar-refractivity contribution is 6.01. The summed E-state index contributed by atoms with van der Waals surface area (Å²) in [7, 11) is 1.60. The summed E-state index contributed by atoms with van der Waals surface area (Å²) >= 11 is 0. The molecule has 0 N–H and O–H groups in total. The topological polar surface area (TPSA) is 71.6 Å². The Kier molecular flexibility index (Phi) is 5.85. The predicted octanol–water partition coefficient (Wildman–Crippen LogP) is 2.43. The third kappa shape index (κ3) is 4.35. The lowest BCUT2D eigenvalue weighted by Crippen LogP contribution is -2.50. The third-order valence-electron chi connectivity index (χ3n) is 6.63. The molecule has 1 atom stereocenters. The number of methoxy groups -OCH3 is 1. The van der Waals surface area contributed by atoms with Gasteiger partial charge in [-0.05, 0) is 42.3 Å². The minimum absolute atomic E-state index is 0.0290. The molecule has 3 aliphatic rings. The average molecular weight is 452 g/mol. The van der Waals surface area contributed by atoms with Gasteiger partial charge in [0.15, 0.2) is 11.5 Å². The van der Waals surface area contributed by atoms with E-state index in [0.717, 1.165) is 42.4 Å². The molecular weight excluding hydrogens is 422 g/mol. The summed E-state index contributed by atoms with van der Waals surface area (Å²) in [5.41, 5.74) is 2.96. The second kappa shape index (κ2) is 8.94. The van der Waals surface area contributed by atoms with Crippen molar-refractivity contribution < 1.29 is 23.8 Å². The van der Waals surface area contributed by atoms with Crippen LogP contribution in [0.3, 0.4) is 0 Å². The van der Waals surface area contributed by atoms with Gasteiger partial charge in [0.25, 0.3) is 0 Å². The Morgan fingerprint density at radius 1 is 1.06 bits per heavy atom. The van der Waals surface area contributed by atoms with Crippen LogP contribution in [-0.4, -0.2) is 68.2 Å². The van der Waals surface area contributed by atoms with Crippen LogP contribution >= 0.6 is 0 Å². The second-order valence-corrected chi connectivity index (χ2v) is 8.87. The maximum atomic E-state index is 13.2. The number of nitrogens with zero attached hydrogens (tertiary/aromatic N) is 3. The molecule has 1 unspecified atom stereocenters. The number of benzene rings is 2. The predicted molar refractivity (Wildman–Crippen MR) is 123 cm³/mol. The molecule has 2 amide bonds. The zero-order chi connectivity index (χ0) is 22.9. The molecule has 2 saturated heterocycles. The maximum Gasteiger partial charge on any atom is 0.231 e. The SMILES string of the molecule is COc1ccc(C)cc1N1CC(C(=O)N2CCN(Cc3ccc4c(c3)OCO4)CC2)CC1=O. The molecule has 0 bridgehead atoms. The fraction of sp³-hybridized carbons (Fsp3) is 0.440. The lowest BCUT2D eigenvalue weighted by Gasteiger charge is -2.36. The molecular formula is C25H29N3O5. The molecule has 3 aliphatic heterocycles. The van der Waals surface area contributed by atoms with Crippen LogP contribution in [0, 0.1) is 12.8 Å². The highest BCUT2D eigenvalue weighted by Gasteiger charge is 2.38. The number of piperazine rings is 1. The van der Waals surface area contributed by atoms with E-state index >= 15 is 0 Å². The summed E-state index contributed by atoms with van der Waals surface area (Å²) < 4.78 is 16.3. The van der Waals surface area contributed by atoms with E-state index in [1.807, 2.05) is 42.2 Å². The van der Waals surface area contributed by atoms with Gasteiger partial charge in [-0.2, -0.15) is 0 Å². The number of amides is 2. The first-order valence-electron chi connectivity index (χ1n) is 11.4. The van der Waals surface area contributed by atoms with Crippen LogP contribution in [0.4, 0.5) is 5.69 Å². The highest BCUT2D eigenvalue weighted by atomic mass is 16.7. The first kappa shape index (κ1) is 21.6. The number of anilines is 1. The smallest absolute Gasteiger partial charge is 0.231 e. The number of hydrogen-bond acceptors (Lipinski definition) is 6. The van der Waals surface area contributed by atoms with Crippen LogP contribution in [0.5, 0.6) is 17.2 Å². The Bertz CT molecular complexity index is 1060. The molecule has 2 aromatic carbocycles. The van der Waals surface area contributed by atoms with Crippen molar-refractivity contribution in [1.29, 1.82) is 0 Å². The molecule has 2 aromatic rings. The van der Waals surface area contributed by atoms with E-state index in [9.17, 15) is 9.59 Å².